The van der Waals surface area contributed by atoms with E-state index in [9.17, 15) is 5.11 Å². The minimum atomic E-state index is -0.869. The van der Waals surface area contributed by atoms with E-state index in [1.54, 1.807) is 12.4 Å². The van der Waals surface area contributed by atoms with Gasteiger partial charge in [-0.25, -0.2) is 4.39 Å². The van der Waals surface area contributed by atoms with Crippen LogP contribution >= 0.6 is 0 Å². The Balaban J connectivity index is 1.50. The summed E-state index contributed by atoms with van der Waals surface area (Å²) < 4.78 is 23.0. The maximum atomic E-state index is 16.7. The standard InChI is InChI=1S/C31H40FN7O2/c1-6-31(11-9-13-39(31)7-2)18-41-29-35-26-22(28(36-29)38-12-8-10-30(5,40)17-38)15-33-27(25(26)32)24-20(4)19(3)14-23-21(24)16-34-37-23/h14-16,40H,6-13,17-18H2,1-5H3,(H,34,37). The molecule has 2 unspecified atom stereocenters. The summed E-state index contributed by atoms with van der Waals surface area (Å²) in [4.78, 5) is 18.6. The molecule has 4 aromatic rings. The first-order valence-corrected chi connectivity index (χ1v) is 14.8. The summed E-state index contributed by atoms with van der Waals surface area (Å²) in [5.41, 5.74) is 2.92. The van der Waals surface area contributed by atoms with Gasteiger partial charge in [-0.2, -0.15) is 15.1 Å². The molecule has 2 atom stereocenters. The van der Waals surface area contributed by atoms with Crippen molar-refractivity contribution in [1.29, 1.82) is 0 Å². The van der Waals surface area contributed by atoms with E-state index in [1.165, 1.54) is 0 Å². The number of nitrogens with zero attached hydrogens (tertiary/aromatic N) is 6. The zero-order valence-electron chi connectivity index (χ0n) is 24.7. The number of hydrogen-bond acceptors (Lipinski definition) is 8. The number of likely N-dealkylation sites (tertiary alicyclic amines) is 1. The van der Waals surface area contributed by atoms with Crippen LogP contribution in [0.3, 0.4) is 0 Å². The maximum Gasteiger partial charge on any atom is 0.319 e. The molecule has 2 saturated heterocycles. The summed E-state index contributed by atoms with van der Waals surface area (Å²) in [6.45, 7) is 13.7. The number of rotatable bonds is 7. The normalized spacial score (nSPS) is 23.6. The van der Waals surface area contributed by atoms with Crippen LogP contribution in [0.1, 0.15) is 64.0 Å². The van der Waals surface area contributed by atoms with Gasteiger partial charge in [0.15, 0.2) is 5.82 Å². The summed E-state index contributed by atoms with van der Waals surface area (Å²) in [7, 11) is 0. The second-order valence-electron chi connectivity index (χ2n) is 12.1. The zero-order valence-corrected chi connectivity index (χ0v) is 24.7. The molecule has 9 nitrogen and oxygen atoms in total. The minimum absolute atomic E-state index is 0.0878. The molecule has 0 spiro atoms. The highest BCUT2D eigenvalue weighted by Gasteiger charge is 2.40. The van der Waals surface area contributed by atoms with Gasteiger partial charge in [0.25, 0.3) is 0 Å². The monoisotopic (exact) mass is 561 g/mol. The van der Waals surface area contributed by atoms with Crippen LogP contribution in [-0.4, -0.2) is 79.1 Å². The number of H-pyrrole nitrogens is 1. The average molecular weight is 562 g/mol. The number of pyridine rings is 1. The first-order valence-electron chi connectivity index (χ1n) is 14.8. The molecular formula is C31H40FN7O2. The van der Waals surface area contributed by atoms with Crippen molar-refractivity contribution in [3.8, 4) is 17.3 Å². The summed E-state index contributed by atoms with van der Waals surface area (Å²) in [6, 6.07) is 2.17. The van der Waals surface area contributed by atoms with Crippen molar-refractivity contribution >= 4 is 27.6 Å². The predicted octanol–water partition coefficient (Wildman–Crippen LogP) is 5.32. The Morgan fingerprint density at radius 3 is 2.66 bits per heavy atom. The highest BCUT2D eigenvalue weighted by Crippen LogP contribution is 2.39. The molecule has 0 aliphatic carbocycles. The molecule has 41 heavy (non-hydrogen) atoms. The lowest BCUT2D eigenvalue weighted by atomic mass is 9.94. The van der Waals surface area contributed by atoms with Crippen LogP contribution < -0.4 is 9.64 Å². The fraction of sp³-hybridized carbons (Fsp3) is 0.548. The van der Waals surface area contributed by atoms with Crippen molar-refractivity contribution in [2.24, 2.45) is 0 Å². The zero-order chi connectivity index (χ0) is 28.9. The number of aromatic amines is 1. The SMILES string of the molecule is CCN1CCCC1(CC)COc1nc(N2CCCC(C)(O)C2)c2cnc(-c3c(C)c(C)cc4[nH]ncc34)c(F)c2n1. The number of aryl methyl sites for hydroxylation is 1. The number of nitrogens with one attached hydrogen (secondary N) is 1. The lowest BCUT2D eigenvalue weighted by molar-refractivity contribution is 0.0446. The largest absolute Gasteiger partial charge is 0.461 e. The molecule has 10 heteroatoms. The number of halogens is 1. The quantitative estimate of drug-likeness (QED) is 0.313. The van der Waals surface area contributed by atoms with Gasteiger partial charge in [-0.1, -0.05) is 13.8 Å². The molecule has 2 aliphatic rings. The van der Waals surface area contributed by atoms with Crippen LogP contribution in [0.15, 0.2) is 18.5 Å². The predicted molar refractivity (Wildman–Crippen MR) is 159 cm³/mol. The lowest BCUT2D eigenvalue weighted by Gasteiger charge is -2.38. The van der Waals surface area contributed by atoms with Crippen molar-refractivity contribution < 1.29 is 14.2 Å². The molecule has 0 bridgehead atoms. The fourth-order valence-electron chi connectivity index (χ4n) is 6.89. The molecule has 0 amide bonds. The molecular weight excluding hydrogens is 521 g/mol. The van der Waals surface area contributed by atoms with Gasteiger partial charge in [0.1, 0.15) is 23.6 Å². The van der Waals surface area contributed by atoms with Crippen LogP contribution in [0.4, 0.5) is 10.2 Å². The Labute approximate surface area is 240 Å². The molecule has 5 heterocycles. The maximum absolute atomic E-state index is 16.7. The van der Waals surface area contributed by atoms with Crippen molar-refractivity contribution in [2.75, 3.05) is 37.7 Å². The number of hydrogen-bond donors (Lipinski definition) is 2. The van der Waals surface area contributed by atoms with E-state index in [2.05, 4.69) is 38.9 Å². The Morgan fingerprint density at radius 1 is 1.10 bits per heavy atom. The Bertz CT molecular complexity index is 1600. The number of benzene rings is 1. The van der Waals surface area contributed by atoms with Crippen molar-refractivity contribution in [1.82, 2.24) is 30.0 Å². The number of β-amino-alcohol motifs (C(OH)–C–C–N with tert-alkyl or cyclic N) is 1. The molecule has 2 N–H and O–H groups in total. The summed E-state index contributed by atoms with van der Waals surface area (Å²) in [5, 5.41) is 19.4. The van der Waals surface area contributed by atoms with Gasteiger partial charge in [-0.15, -0.1) is 0 Å². The fourth-order valence-corrected chi connectivity index (χ4v) is 6.89. The number of likely N-dealkylation sites (N-methyl/N-ethyl adjacent to an activating group) is 1. The number of anilines is 1. The second kappa shape index (κ2) is 10.5. The van der Waals surface area contributed by atoms with Crippen LogP contribution in [-0.2, 0) is 0 Å². The van der Waals surface area contributed by atoms with E-state index in [1.807, 2.05) is 31.7 Å². The van der Waals surface area contributed by atoms with Crippen molar-refractivity contribution in [3.63, 3.8) is 0 Å². The topological polar surface area (TPSA) is 103 Å². The van der Waals surface area contributed by atoms with E-state index < -0.39 is 11.4 Å². The molecule has 6 rings (SSSR count). The van der Waals surface area contributed by atoms with Gasteiger partial charge in [0, 0.05) is 30.2 Å². The molecule has 218 valence electrons. The van der Waals surface area contributed by atoms with E-state index in [4.69, 9.17) is 9.72 Å². The number of ether oxygens (including phenoxy) is 1. The van der Waals surface area contributed by atoms with Crippen LogP contribution in [0.25, 0.3) is 33.1 Å². The van der Waals surface area contributed by atoms with Crippen LogP contribution in [0.5, 0.6) is 6.01 Å². The number of aliphatic hydroxyl groups is 1. The van der Waals surface area contributed by atoms with Gasteiger partial charge in [0.05, 0.1) is 28.2 Å². The van der Waals surface area contributed by atoms with Gasteiger partial charge >= 0.3 is 6.01 Å². The van der Waals surface area contributed by atoms with Gasteiger partial charge in [-0.05, 0) is 83.2 Å². The second-order valence-corrected chi connectivity index (χ2v) is 12.1. The minimum Gasteiger partial charge on any atom is -0.461 e. The lowest BCUT2D eigenvalue weighted by Crippen LogP contribution is -2.48. The van der Waals surface area contributed by atoms with Gasteiger partial charge < -0.3 is 14.7 Å². The summed E-state index contributed by atoms with van der Waals surface area (Å²) in [5.74, 6) is 0.0268. The Morgan fingerprint density at radius 2 is 1.90 bits per heavy atom. The first kappa shape index (κ1) is 27.8. The highest BCUT2D eigenvalue weighted by molar-refractivity contribution is 5.99. The molecule has 1 aromatic carbocycles. The van der Waals surface area contributed by atoms with E-state index in [0.717, 1.165) is 60.8 Å². The van der Waals surface area contributed by atoms with E-state index in [0.29, 0.717) is 42.9 Å². The molecule has 3 aromatic heterocycles. The van der Waals surface area contributed by atoms with Crippen molar-refractivity contribution in [2.45, 2.75) is 77.9 Å². The number of piperidine rings is 1. The van der Waals surface area contributed by atoms with Crippen molar-refractivity contribution in [3.05, 3.63) is 35.4 Å². The van der Waals surface area contributed by atoms with Crippen LogP contribution in [0, 0.1) is 19.7 Å². The van der Waals surface area contributed by atoms with Gasteiger partial charge in [-0.3, -0.25) is 15.0 Å². The van der Waals surface area contributed by atoms with E-state index >= 15 is 4.39 Å². The molecule has 0 saturated carbocycles. The number of aromatic nitrogens is 5. The van der Waals surface area contributed by atoms with Gasteiger partial charge in [0.2, 0.25) is 0 Å². The summed E-state index contributed by atoms with van der Waals surface area (Å²) in [6.07, 6.45) is 7.99. The molecule has 0 radical (unpaired) electrons. The third-order valence-electron chi connectivity index (χ3n) is 9.37. The first-order chi connectivity index (χ1) is 19.7. The highest BCUT2D eigenvalue weighted by atomic mass is 19.1. The third kappa shape index (κ3) is 4.80. The summed E-state index contributed by atoms with van der Waals surface area (Å²) >= 11 is 0. The Hall–Kier alpha value is -3.37. The molecule has 2 fully saturated rings. The number of fused-ring (bicyclic) bond motifs is 2. The third-order valence-corrected chi connectivity index (χ3v) is 9.37. The van der Waals surface area contributed by atoms with Crippen LogP contribution in [0.2, 0.25) is 0 Å². The molecule has 2 aliphatic heterocycles. The van der Waals surface area contributed by atoms with E-state index in [-0.39, 0.29) is 22.8 Å². The average Bonchev–Trinajstić information content (AvgIpc) is 3.59. The Kier molecular flexibility index (Phi) is 7.10. The smallest absolute Gasteiger partial charge is 0.319 e.